The lowest BCUT2D eigenvalue weighted by molar-refractivity contribution is -0.452. The first kappa shape index (κ1) is 16.9. The quantitative estimate of drug-likeness (QED) is 0.320. The van der Waals surface area contributed by atoms with E-state index in [9.17, 15) is 5.21 Å². The van der Waals surface area contributed by atoms with Crippen LogP contribution in [0.25, 0.3) is 0 Å². The highest BCUT2D eigenvalue weighted by atomic mass is 16.5. The molecule has 0 aliphatic rings. The fraction of sp³-hybridized carbons (Fsp3) is 0.316. The molecule has 0 N–H and O–H groups in total. The summed E-state index contributed by atoms with van der Waals surface area (Å²) in [5.41, 5.74) is 1.90. The van der Waals surface area contributed by atoms with Gasteiger partial charge in [0.15, 0.2) is 24.3 Å². The molecule has 0 atom stereocenters. The molecule has 0 aromatic heterocycles. The summed E-state index contributed by atoms with van der Waals surface area (Å²) >= 11 is 0. The van der Waals surface area contributed by atoms with E-state index < -0.39 is 0 Å². The van der Waals surface area contributed by atoms with E-state index in [-0.39, 0.29) is 0 Å². The van der Waals surface area contributed by atoms with Gasteiger partial charge in [-0.3, -0.25) is 0 Å². The van der Waals surface area contributed by atoms with Crippen LogP contribution in [0.15, 0.2) is 48.5 Å². The van der Waals surface area contributed by atoms with Crippen molar-refractivity contribution in [3.63, 3.8) is 0 Å². The Bertz CT molecular complexity index is 638. The van der Waals surface area contributed by atoms with E-state index in [2.05, 4.69) is 6.92 Å². The smallest absolute Gasteiger partial charge is 0.181 e. The summed E-state index contributed by atoms with van der Waals surface area (Å²) in [6.07, 6.45) is 3.47. The number of ether oxygens (including phenoxy) is 2. The molecular formula is C19H23NO3. The van der Waals surface area contributed by atoms with E-state index in [1.54, 1.807) is 13.3 Å². The number of unbranched alkanes of at least 4 members (excludes halogenated alkanes) is 1. The second-order valence-corrected chi connectivity index (χ2v) is 5.31. The summed E-state index contributed by atoms with van der Waals surface area (Å²) in [5, 5.41) is 11.8. The summed E-state index contributed by atoms with van der Waals surface area (Å²) in [6.45, 7) is 3.05. The molecule has 23 heavy (non-hydrogen) atoms. The minimum absolute atomic E-state index is 0.477. The zero-order valence-corrected chi connectivity index (χ0v) is 13.7. The molecule has 0 bridgehead atoms. The van der Waals surface area contributed by atoms with Gasteiger partial charge in [0.05, 0.1) is 7.11 Å². The molecule has 4 heteroatoms. The van der Waals surface area contributed by atoms with Crippen LogP contribution in [0.3, 0.4) is 0 Å². The van der Waals surface area contributed by atoms with Crippen LogP contribution in [0, 0.1) is 5.21 Å². The number of hydrogen-bond acceptors (Lipinski definition) is 3. The lowest BCUT2D eigenvalue weighted by Crippen LogP contribution is -2.07. The summed E-state index contributed by atoms with van der Waals surface area (Å²) in [7, 11) is 1.60. The van der Waals surface area contributed by atoms with Crippen molar-refractivity contribution >= 4 is 6.21 Å². The number of benzene rings is 2. The van der Waals surface area contributed by atoms with Crippen LogP contribution in [0.2, 0.25) is 0 Å². The summed E-state index contributed by atoms with van der Waals surface area (Å²) < 4.78 is 12.1. The third-order valence-corrected chi connectivity index (χ3v) is 3.45. The van der Waals surface area contributed by atoms with Crippen molar-refractivity contribution in [2.45, 2.75) is 26.4 Å². The van der Waals surface area contributed by atoms with Crippen molar-refractivity contribution in [2.24, 2.45) is 0 Å². The highest BCUT2D eigenvalue weighted by molar-refractivity contribution is 5.77. The van der Waals surface area contributed by atoms with Crippen molar-refractivity contribution in [2.75, 3.05) is 13.7 Å². The van der Waals surface area contributed by atoms with Gasteiger partial charge in [0, 0.05) is 12.0 Å². The molecule has 0 aliphatic carbocycles. The fourth-order valence-electron chi connectivity index (χ4n) is 2.16. The minimum Gasteiger partial charge on any atom is -0.624 e. The molecule has 0 fully saturated rings. The fourth-order valence-corrected chi connectivity index (χ4v) is 2.16. The Morgan fingerprint density at radius 1 is 1.09 bits per heavy atom. The molecule has 0 radical (unpaired) electrons. The molecule has 2 aromatic carbocycles. The lowest BCUT2D eigenvalue weighted by atomic mass is 10.2. The Morgan fingerprint density at radius 3 is 2.57 bits per heavy atom. The van der Waals surface area contributed by atoms with Gasteiger partial charge in [-0.2, -0.15) is 0 Å². The first-order valence-electron chi connectivity index (χ1n) is 7.86. The summed E-state index contributed by atoms with van der Waals surface area (Å²) in [6, 6.07) is 15.5. The molecule has 0 unspecified atom stereocenters. The Kier molecular flexibility index (Phi) is 6.48. The molecule has 0 heterocycles. The second kappa shape index (κ2) is 8.83. The zero-order chi connectivity index (χ0) is 16.5. The molecule has 0 spiro atoms. The Labute approximate surface area is 137 Å². The highest BCUT2D eigenvalue weighted by Gasteiger charge is 2.07. The van der Waals surface area contributed by atoms with Crippen molar-refractivity contribution in [3.05, 3.63) is 64.9 Å². The van der Waals surface area contributed by atoms with Gasteiger partial charge >= 0.3 is 0 Å². The van der Waals surface area contributed by atoms with Crippen LogP contribution in [0.4, 0.5) is 0 Å². The van der Waals surface area contributed by atoms with Crippen molar-refractivity contribution in [1.82, 2.24) is 0 Å². The SMILES string of the molecule is CCCC[N+]([O-])=Cc1ccc(OCc2ccccc2)c(OC)c1. The first-order chi connectivity index (χ1) is 11.2. The summed E-state index contributed by atoms with van der Waals surface area (Å²) in [5.74, 6) is 1.29. The molecule has 4 nitrogen and oxygen atoms in total. The number of nitrogens with zero attached hydrogens (tertiary/aromatic N) is 1. The molecule has 0 saturated heterocycles. The number of rotatable bonds is 8. The van der Waals surface area contributed by atoms with E-state index in [0.29, 0.717) is 24.7 Å². The van der Waals surface area contributed by atoms with Gasteiger partial charge < -0.3 is 14.7 Å². The second-order valence-electron chi connectivity index (χ2n) is 5.31. The Hall–Kier alpha value is -2.49. The van der Waals surface area contributed by atoms with Crippen molar-refractivity contribution in [3.8, 4) is 11.5 Å². The van der Waals surface area contributed by atoms with Gasteiger partial charge in [-0.1, -0.05) is 43.7 Å². The van der Waals surface area contributed by atoms with Crippen LogP contribution in [0.5, 0.6) is 11.5 Å². The monoisotopic (exact) mass is 313 g/mol. The van der Waals surface area contributed by atoms with Crippen molar-refractivity contribution < 1.29 is 14.2 Å². The number of hydroxylamine groups is 1. The predicted octanol–water partition coefficient (Wildman–Crippen LogP) is 4.00. The largest absolute Gasteiger partial charge is 0.624 e. The molecular weight excluding hydrogens is 290 g/mol. The normalized spacial score (nSPS) is 11.3. The Morgan fingerprint density at radius 2 is 1.87 bits per heavy atom. The molecule has 0 saturated carbocycles. The Balaban J connectivity index is 2.07. The van der Waals surface area contributed by atoms with Gasteiger partial charge in [-0.15, -0.1) is 0 Å². The van der Waals surface area contributed by atoms with Crippen LogP contribution >= 0.6 is 0 Å². The highest BCUT2D eigenvalue weighted by Crippen LogP contribution is 2.28. The van der Waals surface area contributed by atoms with Gasteiger partial charge in [-0.25, -0.2) is 4.74 Å². The van der Waals surface area contributed by atoms with E-state index in [0.717, 1.165) is 28.7 Å². The van der Waals surface area contributed by atoms with Crippen molar-refractivity contribution in [1.29, 1.82) is 0 Å². The molecule has 122 valence electrons. The summed E-state index contributed by atoms with van der Waals surface area (Å²) in [4.78, 5) is 0. The van der Waals surface area contributed by atoms with Gasteiger partial charge in [0.25, 0.3) is 0 Å². The molecule has 0 aliphatic heterocycles. The lowest BCUT2D eigenvalue weighted by Gasteiger charge is -2.11. The molecule has 2 aromatic rings. The standard InChI is InChI=1S/C19H23NO3/c1-3-4-12-20(21)14-17-10-11-18(19(13-17)22-2)23-15-16-8-6-5-7-9-16/h5-11,13-14H,3-4,12,15H2,1-2H3. The predicted molar refractivity (Wildman–Crippen MR) is 92.3 cm³/mol. The van der Waals surface area contributed by atoms with Crippen LogP contribution in [-0.4, -0.2) is 24.6 Å². The van der Waals surface area contributed by atoms with Crippen LogP contribution in [0.1, 0.15) is 30.9 Å². The molecule has 2 rings (SSSR count). The number of methoxy groups -OCH3 is 1. The van der Waals surface area contributed by atoms with E-state index in [1.807, 2.05) is 48.5 Å². The zero-order valence-electron chi connectivity index (χ0n) is 13.7. The van der Waals surface area contributed by atoms with Crippen LogP contribution < -0.4 is 9.47 Å². The average Bonchev–Trinajstić information content (AvgIpc) is 2.59. The third kappa shape index (κ3) is 5.33. The third-order valence-electron chi connectivity index (χ3n) is 3.45. The maximum Gasteiger partial charge on any atom is 0.181 e. The van der Waals surface area contributed by atoms with Gasteiger partial charge in [0.2, 0.25) is 0 Å². The minimum atomic E-state index is 0.477. The van der Waals surface area contributed by atoms with Crippen LogP contribution in [-0.2, 0) is 6.61 Å². The van der Waals surface area contributed by atoms with E-state index in [4.69, 9.17) is 9.47 Å². The maximum absolute atomic E-state index is 11.8. The first-order valence-corrected chi connectivity index (χ1v) is 7.86. The maximum atomic E-state index is 11.8. The topological polar surface area (TPSA) is 44.5 Å². The van der Waals surface area contributed by atoms with Gasteiger partial charge in [0.1, 0.15) is 6.61 Å². The molecule has 0 amide bonds. The number of hydrogen-bond donors (Lipinski definition) is 0. The van der Waals surface area contributed by atoms with Gasteiger partial charge in [-0.05, 0) is 23.8 Å². The van der Waals surface area contributed by atoms with E-state index >= 15 is 0 Å². The average molecular weight is 313 g/mol. The van der Waals surface area contributed by atoms with E-state index in [1.165, 1.54) is 0 Å².